The van der Waals surface area contributed by atoms with Gasteiger partial charge in [0, 0.05) is 49.2 Å². The second-order valence-electron chi connectivity index (χ2n) is 11.4. The highest BCUT2D eigenvalue weighted by Gasteiger charge is 2.54. The number of nitrogens with zero attached hydrogens (tertiary/aromatic N) is 4. The molecule has 0 aliphatic carbocycles. The van der Waals surface area contributed by atoms with Crippen molar-refractivity contribution in [3.63, 3.8) is 0 Å². The molecule has 4 atom stereocenters. The number of carbonyl (C=O) groups is 3. The van der Waals surface area contributed by atoms with Crippen LogP contribution in [0.25, 0.3) is 11.3 Å². The largest absolute Gasteiger partial charge is 0.367 e. The van der Waals surface area contributed by atoms with Crippen LogP contribution in [0, 0.1) is 17.7 Å². The number of amides is 2. The normalized spacial score (nSPS) is 23.9. The zero-order chi connectivity index (χ0) is 30.1. The van der Waals surface area contributed by atoms with Crippen molar-refractivity contribution in [2.24, 2.45) is 11.8 Å². The molecule has 2 aromatic rings. The van der Waals surface area contributed by atoms with E-state index in [1.807, 2.05) is 13.8 Å². The molecular weight excluding hydrogens is 571 g/mol. The number of fused-ring (bicyclic) bond motifs is 1. The second kappa shape index (κ2) is 12.5. The number of halogens is 3. The number of rotatable bonds is 8. The maximum absolute atomic E-state index is 15.3. The molecule has 0 bridgehead atoms. The predicted octanol–water partition coefficient (Wildman–Crippen LogP) is 3.42. The van der Waals surface area contributed by atoms with Gasteiger partial charge in [-0.15, -0.1) is 11.3 Å². The van der Waals surface area contributed by atoms with Crippen molar-refractivity contribution in [3.05, 3.63) is 47.1 Å². The van der Waals surface area contributed by atoms with Gasteiger partial charge in [-0.3, -0.25) is 14.4 Å². The van der Waals surface area contributed by atoms with Crippen LogP contribution >= 0.6 is 11.3 Å². The smallest absolute Gasteiger partial charge is 0.252 e. The first kappa shape index (κ1) is 30.2. The van der Waals surface area contributed by atoms with E-state index in [0.29, 0.717) is 5.69 Å². The van der Waals surface area contributed by atoms with Gasteiger partial charge >= 0.3 is 0 Å². The molecule has 4 heterocycles. The highest BCUT2D eigenvalue weighted by Crippen LogP contribution is 2.37. The number of hydrogen-bond donors (Lipinski definition) is 1. The summed E-state index contributed by atoms with van der Waals surface area (Å²) in [5.74, 6) is -4.57. The average Bonchev–Trinajstić information content (AvgIpc) is 3.69. The van der Waals surface area contributed by atoms with E-state index in [0.717, 1.165) is 37.4 Å². The Bertz CT molecular complexity index is 1380. The van der Waals surface area contributed by atoms with Gasteiger partial charge in [0.2, 0.25) is 5.91 Å². The SMILES string of the molecule is CC(C)CC(NC(=O)c1ccc(-c2csc(N3CCN(C)CC3)n2)c(F)c1)C(=O)N1CC(/C(F)=C/F)C2OCC(=O)C21. The van der Waals surface area contributed by atoms with E-state index in [1.54, 1.807) is 5.38 Å². The molecule has 4 unspecified atom stereocenters. The fraction of sp³-hybridized carbons (Fsp3) is 0.517. The fourth-order valence-corrected chi connectivity index (χ4v) is 6.62. The van der Waals surface area contributed by atoms with Gasteiger partial charge < -0.3 is 24.8 Å². The number of hydrogen-bond acceptors (Lipinski definition) is 8. The van der Waals surface area contributed by atoms with E-state index in [4.69, 9.17) is 4.74 Å². The van der Waals surface area contributed by atoms with Gasteiger partial charge in [-0.05, 0) is 37.6 Å². The molecule has 3 fully saturated rings. The Morgan fingerprint density at radius 3 is 2.64 bits per heavy atom. The Hall–Kier alpha value is -3.29. The Morgan fingerprint density at radius 1 is 1.24 bits per heavy atom. The fourth-order valence-electron chi connectivity index (χ4n) is 5.74. The Labute approximate surface area is 246 Å². The van der Waals surface area contributed by atoms with Crippen molar-refractivity contribution < 1.29 is 32.3 Å². The van der Waals surface area contributed by atoms with Crippen molar-refractivity contribution in [1.82, 2.24) is 20.1 Å². The van der Waals surface area contributed by atoms with Crippen LogP contribution in [0.4, 0.5) is 18.3 Å². The molecule has 3 aliphatic heterocycles. The van der Waals surface area contributed by atoms with E-state index >= 15 is 4.39 Å². The number of thiazole rings is 1. The van der Waals surface area contributed by atoms with Crippen LogP contribution in [0.5, 0.6) is 0 Å². The number of anilines is 1. The first-order valence-electron chi connectivity index (χ1n) is 14.0. The second-order valence-corrected chi connectivity index (χ2v) is 12.3. The number of nitrogens with one attached hydrogen (secondary N) is 1. The van der Waals surface area contributed by atoms with Crippen LogP contribution in [-0.2, 0) is 14.3 Å². The average molecular weight is 606 g/mol. The lowest BCUT2D eigenvalue weighted by molar-refractivity contribution is -0.138. The lowest BCUT2D eigenvalue weighted by Gasteiger charge is -2.32. The standard InChI is InChI=1S/C29H34F3N5O4S/c1-16(2)10-22(28(40)37-13-19(21(32)12-30)26-25(37)24(38)14-41-26)33-27(39)17-4-5-18(20(31)11-17)23-15-42-29(34-23)36-8-6-35(3)7-9-36/h4-5,11-12,15-16,19,22,25-26H,6-10,13-14H2,1-3H3,(H,33,39)/b21-12-. The number of likely N-dealkylation sites (tertiary alicyclic amines) is 1. The quantitative estimate of drug-likeness (QED) is 0.493. The van der Waals surface area contributed by atoms with Gasteiger partial charge in [-0.1, -0.05) is 13.8 Å². The molecule has 5 rings (SSSR count). The summed E-state index contributed by atoms with van der Waals surface area (Å²) in [6.07, 6.45) is -0.964. The van der Waals surface area contributed by atoms with Crippen LogP contribution in [0.3, 0.4) is 0 Å². The number of likely N-dealkylation sites (N-methyl/N-ethyl adjacent to an activating group) is 1. The summed E-state index contributed by atoms with van der Waals surface area (Å²) in [4.78, 5) is 49.5. The Balaban J connectivity index is 1.31. The highest BCUT2D eigenvalue weighted by atomic mass is 32.1. The zero-order valence-electron chi connectivity index (χ0n) is 23.7. The number of carbonyl (C=O) groups excluding carboxylic acids is 3. The molecule has 2 amide bonds. The number of benzene rings is 1. The summed E-state index contributed by atoms with van der Waals surface area (Å²) in [5.41, 5.74) is 0.744. The molecule has 3 saturated heterocycles. The van der Waals surface area contributed by atoms with Crippen molar-refractivity contribution in [2.75, 3.05) is 51.3 Å². The van der Waals surface area contributed by atoms with Gasteiger partial charge in [-0.25, -0.2) is 18.2 Å². The predicted molar refractivity (Wildman–Crippen MR) is 152 cm³/mol. The van der Waals surface area contributed by atoms with Crippen molar-refractivity contribution >= 4 is 34.1 Å². The number of ketones is 1. The van der Waals surface area contributed by atoms with Gasteiger partial charge in [-0.2, -0.15) is 0 Å². The molecule has 42 heavy (non-hydrogen) atoms. The number of aromatic nitrogens is 1. The summed E-state index contributed by atoms with van der Waals surface area (Å²) in [5, 5.41) is 5.28. The lowest BCUT2D eigenvalue weighted by Crippen LogP contribution is -2.52. The van der Waals surface area contributed by atoms with E-state index in [1.165, 1.54) is 28.4 Å². The molecule has 13 heteroatoms. The molecular formula is C29H34F3N5O4S. The first-order valence-corrected chi connectivity index (χ1v) is 14.9. The van der Waals surface area contributed by atoms with E-state index < -0.39 is 53.3 Å². The number of Topliss-reactive ketones (excluding diaryl/α,β-unsaturated/α-hetero) is 1. The van der Waals surface area contributed by atoms with Gasteiger partial charge in [0.25, 0.3) is 5.91 Å². The molecule has 226 valence electrons. The molecule has 3 aliphatic rings. The van der Waals surface area contributed by atoms with E-state index in [2.05, 4.69) is 27.1 Å². The molecule has 1 N–H and O–H groups in total. The summed E-state index contributed by atoms with van der Waals surface area (Å²) in [6, 6.07) is 1.92. The molecule has 9 nitrogen and oxygen atoms in total. The van der Waals surface area contributed by atoms with Crippen molar-refractivity contribution in [3.8, 4) is 11.3 Å². The summed E-state index contributed by atoms with van der Waals surface area (Å²) in [6.45, 7) is 6.66. The Morgan fingerprint density at radius 2 is 1.98 bits per heavy atom. The van der Waals surface area contributed by atoms with Gasteiger partial charge in [0.05, 0.1) is 17.7 Å². The lowest BCUT2D eigenvalue weighted by atomic mass is 10.00. The third-order valence-electron chi connectivity index (χ3n) is 8.01. The maximum atomic E-state index is 15.3. The van der Waals surface area contributed by atoms with Crippen LogP contribution in [-0.4, -0.2) is 96.9 Å². The van der Waals surface area contributed by atoms with Crippen LogP contribution in [0.2, 0.25) is 0 Å². The minimum atomic E-state index is -1.12. The highest BCUT2D eigenvalue weighted by molar-refractivity contribution is 7.14. The zero-order valence-corrected chi connectivity index (χ0v) is 24.5. The van der Waals surface area contributed by atoms with E-state index in [-0.39, 0.29) is 42.9 Å². The molecule has 0 saturated carbocycles. The van der Waals surface area contributed by atoms with Gasteiger partial charge in [0.15, 0.2) is 10.9 Å². The van der Waals surface area contributed by atoms with Gasteiger partial charge in [0.1, 0.15) is 36.7 Å². The molecule has 0 spiro atoms. The minimum Gasteiger partial charge on any atom is -0.367 e. The Kier molecular flexibility index (Phi) is 9.00. The van der Waals surface area contributed by atoms with Crippen LogP contribution in [0.15, 0.2) is 35.7 Å². The van der Waals surface area contributed by atoms with Crippen LogP contribution in [0.1, 0.15) is 30.6 Å². The number of piperazine rings is 1. The summed E-state index contributed by atoms with van der Waals surface area (Å²) >= 11 is 1.44. The van der Waals surface area contributed by atoms with Crippen molar-refractivity contribution in [1.29, 1.82) is 0 Å². The summed E-state index contributed by atoms with van der Waals surface area (Å²) in [7, 11) is 2.06. The third-order valence-corrected chi connectivity index (χ3v) is 8.91. The molecule has 1 aromatic carbocycles. The van der Waals surface area contributed by atoms with Crippen LogP contribution < -0.4 is 10.2 Å². The monoisotopic (exact) mass is 605 g/mol. The first-order chi connectivity index (χ1) is 20.1. The topological polar surface area (TPSA) is 95.1 Å². The van der Waals surface area contributed by atoms with E-state index in [9.17, 15) is 23.2 Å². The third kappa shape index (κ3) is 6.09. The number of ether oxygens (including phenoxy) is 1. The minimum absolute atomic E-state index is 0.0104. The van der Waals surface area contributed by atoms with Crippen molar-refractivity contribution in [2.45, 2.75) is 38.5 Å². The molecule has 0 radical (unpaired) electrons. The molecule has 1 aromatic heterocycles. The summed E-state index contributed by atoms with van der Waals surface area (Å²) < 4.78 is 47.9. The maximum Gasteiger partial charge on any atom is 0.252 e.